The lowest BCUT2D eigenvalue weighted by atomic mass is 10.2. The van der Waals surface area contributed by atoms with Gasteiger partial charge in [0.1, 0.15) is 5.03 Å². The molecule has 0 aliphatic carbocycles. The zero-order valence-electron chi connectivity index (χ0n) is 9.13. The normalized spacial score (nSPS) is 12.4. The Balaban J connectivity index is 2.11. The fraction of sp³-hybridized carbons (Fsp3) is 0.154. The first-order chi connectivity index (χ1) is 7.75. The van der Waals surface area contributed by atoms with Gasteiger partial charge in [-0.05, 0) is 30.7 Å². The lowest BCUT2D eigenvalue weighted by Crippen LogP contribution is -2.04. The molecule has 0 saturated heterocycles. The van der Waals surface area contributed by atoms with Crippen LogP contribution >= 0.6 is 11.8 Å². The summed E-state index contributed by atoms with van der Waals surface area (Å²) in [7, 11) is 0. The van der Waals surface area contributed by atoms with Crippen LogP contribution in [-0.4, -0.2) is 4.98 Å². The molecule has 16 heavy (non-hydrogen) atoms. The summed E-state index contributed by atoms with van der Waals surface area (Å²) < 4.78 is 0. The van der Waals surface area contributed by atoms with Gasteiger partial charge >= 0.3 is 0 Å². The maximum Gasteiger partial charge on any atom is 0.101 e. The Hall–Kier alpha value is -1.32. The summed E-state index contributed by atoms with van der Waals surface area (Å²) in [5, 5.41) is 0.996. The lowest BCUT2D eigenvalue weighted by molar-refractivity contribution is 0.806. The van der Waals surface area contributed by atoms with Gasteiger partial charge < -0.3 is 5.73 Å². The molecule has 2 aromatic rings. The van der Waals surface area contributed by atoms with Gasteiger partial charge in [-0.3, -0.25) is 0 Å². The van der Waals surface area contributed by atoms with Crippen molar-refractivity contribution in [3.8, 4) is 0 Å². The molecule has 3 heteroatoms. The van der Waals surface area contributed by atoms with E-state index in [1.54, 1.807) is 11.8 Å². The molecule has 0 aliphatic heterocycles. The third kappa shape index (κ3) is 2.84. The van der Waals surface area contributed by atoms with Crippen LogP contribution in [0.5, 0.6) is 0 Å². The van der Waals surface area contributed by atoms with Crippen molar-refractivity contribution in [3.63, 3.8) is 0 Å². The summed E-state index contributed by atoms with van der Waals surface area (Å²) >= 11 is 1.66. The Labute approximate surface area is 99.9 Å². The molecule has 2 rings (SSSR count). The molecule has 1 heterocycles. The summed E-state index contributed by atoms with van der Waals surface area (Å²) in [5.41, 5.74) is 6.84. The molecule has 1 aromatic carbocycles. The molecule has 2 N–H and O–H groups in total. The second-order valence-electron chi connectivity index (χ2n) is 3.63. The van der Waals surface area contributed by atoms with Crippen molar-refractivity contribution in [3.05, 3.63) is 54.2 Å². The highest BCUT2D eigenvalue weighted by molar-refractivity contribution is 7.99. The maximum absolute atomic E-state index is 5.77. The van der Waals surface area contributed by atoms with Crippen LogP contribution < -0.4 is 5.73 Å². The van der Waals surface area contributed by atoms with Crippen LogP contribution in [0.25, 0.3) is 0 Å². The zero-order chi connectivity index (χ0) is 11.4. The Morgan fingerprint density at radius 1 is 1.12 bits per heavy atom. The van der Waals surface area contributed by atoms with Crippen LogP contribution in [0.2, 0.25) is 0 Å². The predicted molar refractivity (Wildman–Crippen MR) is 67.4 cm³/mol. The fourth-order valence-corrected chi connectivity index (χ4v) is 2.11. The van der Waals surface area contributed by atoms with Crippen LogP contribution in [0.3, 0.4) is 0 Å². The molecule has 0 radical (unpaired) electrons. The molecule has 1 unspecified atom stereocenters. The zero-order valence-corrected chi connectivity index (χ0v) is 9.95. The summed E-state index contributed by atoms with van der Waals surface area (Å²) in [6.45, 7) is 1.96. The van der Waals surface area contributed by atoms with E-state index in [0.717, 1.165) is 10.6 Å². The number of hydrogen-bond donors (Lipinski definition) is 1. The summed E-state index contributed by atoms with van der Waals surface area (Å²) in [6, 6.07) is 14.3. The second-order valence-corrected chi connectivity index (χ2v) is 4.73. The highest BCUT2D eigenvalue weighted by Gasteiger charge is 2.01. The van der Waals surface area contributed by atoms with E-state index in [-0.39, 0.29) is 6.04 Å². The van der Waals surface area contributed by atoms with Gasteiger partial charge in [0.05, 0.1) is 0 Å². The number of aromatic nitrogens is 1. The van der Waals surface area contributed by atoms with Crippen LogP contribution in [-0.2, 0) is 0 Å². The average Bonchev–Trinajstić information content (AvgIpc) is 2.31. The molecule has 0 saturated carbocycles. The average molecular weight is 230 g/mol. The minimum Gasteiger partial charge on any atom is -0.324 e. The van der Waals surface area contributed by atoms with Crippen LogP contribution in [0.4, 0.5) is 0 Å². The number of rotatable bonds is 3. The first kappa shape index (κ1) is 11.2. The van der Waals surface area contributed by atoms with Gasteiger partial charge in [-0.2, -0.15) is 0 Å². The summed E-state index contributed by atoms with van der Waals surface area (Å²) in [4.78, 5) is 5.58. The molecule has 0 amide bonds. The summed E-state index contributed by atoms with van der Waals surface area (Å²) in [6.07, 6.45) is 1.84. The van der Waals surface area contributed by atoms with Gasteiger partial charge in [0, 0.05) is 17.1 Å². The van der Waals surface area contributed by atoms with Gasteiger partial charge in [-0.15, -0.1) is 0 Å². The van der Waals surface area contributed by atoms with E-state index in [1.807, 2.05) is 43.5 Å². The van der Waals surface area contributed by atoms with E-state index in [2.05, 4.69) is 17.1 Å². The largest absolute Gasteiger partial charge is 0.324 e. The van der Waals surface area contributed by atoms with Gasteiger partial charge in [0.2, 0.25) is 0 Å². The molecule has 0 aliphatic rings. The third-order valence-corrected chi connectivity index (χ3v) is 3.21. The molecule has 1 atom stereocenters. The molecular formula is C13H14N2S. The van der Waals surface area contributed by atoms with E-state index >= 15 is 0 Å². The van der Waals surface area contributed by atoms with Crippen molar-refractivity contribution < 1.29 is 0 Å². The van der Waals surface area contributed by atoms with Crippen molar-refractivity contribution in [1.29, 1.82) is 0 Å². The van der Waals surface area contributed by atoms with Gasteiger partial charge in [0.25, 0.3) is 0 Å². The van der Waals surface area contributed by atoms with Crippen molar-refractivity contribution in [2.24, 2.45) is 5.73 Å². The highest BCUT2D eigenvalue weighted by Crippen LogP contribution is 2.25. The monoisotopic (exact) mass is 230 g/mol. The molecule has 0 fully saturated rings. The first-order valence-corrected chi connectivity index (χ1v) is 6.02. The molecular weight excluding hydrogens is 216 g/mol. The number of nitrogens with two attached hydrogens (primary N) is 1. The van der Waals surface area contributed by atoms with E-state index in [4.69, 9.17) is 5.73 Å². The maximum atomic E-state index is 5.77. The predicted octanol–water partition coefficient (Wildman–Crippen LogP) is 3.25. The van der Waals surface area contributed by atoms with E-state index in [0.29, 0.717) is 0 Å². The van der Waals surface area contributed by atoms with Crippen LogP contribution in [0.15, 0.2) is 58.6 Å². The minimum atomic E-state index is 0.0447. The minimum absolute atomic E-state index is 0.0447. The van der Waals surface area contributed by atoms with Crippen molar-refractivity contribution >= 4 is 11.8 Å². The van der Waals surface area contributed by atoms with E-state index < -0.39 is 0 Å². The van der Waals surface area contributed by atoms with Crippen molar-refractivity contribution in [2.75, 3.05) is 0 Å². The fourth-order valence-electron chi connectivity index (χ4n) is 1.33. The highest BCUT2D eigenvalue weighted by atomic mass is 32.2. The molecule has 0 spiro atoms. The van der Waals surface area contributed by atoms with Gasteiger partial charge in [-0.1, -0.05) is 36.0 Å². The Bertz CT molecular complexity index is 437. The smallest absolute Gasteiger partial charge is 0.101 e. The van der Waals surface area contributed by atoms with E-state index in [9.17, 15) is 0 Å². The summed E-state index contributed by atoms with van der Waals surface area (Å²) in [5.74, 6) is 0. The molecule has 1 aromatic heterocycles. The number of nitrogens with zero attached hydrogens (tertiary/aromatic N) is 1. The Morgan fingerprint density at radius 2 is 1.88 bits per heavy atom. The molecule has 2 nitrogen and oxygen atoms in total. The van der Waals surface area contributed by atoms with Crippen LogP contribution in [0.1, 0.15) is 18.5 Å². The molecule has 0 bridgehead atoms. The van der Waals surface area contributed by atoms with Crippen molar-refractivity contribution in [1.82, 2.24) is 4.98 Å². The first-order valence-electron chi connectivity index (χ1n) is 5.20. The van der Waals surface area contributed by atoms with Crippen molar-refractivity contribution in [2.45, 2.75) is 22.9 Å². The van der Waals surface area contributed by atoms with Crippen LogP contribution in [0, 0.1) is 0 Å². The second kappa shape index (κ2) is 5.14. The van der Waals surface area contributed by atoms with Gasteiger partial charge in [-0.25, -0.2) is 4.98 Å². The number of hydrogen-bond acceptors (Lipinski definition) is 3. The number of benzene rings is 1. The lowest BCUT2D eigenvalue weighted by Gasteiger charge is -2.05. The Morgan fingerprint density at radius 3 is 2.44 bits per heavy atom. The number of pyridine rings is 1. The third-order valence-electron chi connectivity index (χ3n) is 2.25. The standard InChI is InChI=1S/C13H14N2S/c1-10(14)11-7-8-13(15-9-11)16-12-5-3-2-4-6-12/h2-10H,14H2,1H3. The van der Waals surface area contributed by atoms with Gasteiger partial charge in [0.15, 0.2) is 0 Å². The topological polar surface area (TPSA) is 38.9 Å². The quantitative estimate of drug-likeness (QED) is 0.879. The molecule has 82 valence electrons. The SMILES string of the molecule is CC(N)c1ccc(Sc2ccccc2)nc1. The Kier molecular flexibility index (Phi) is 3.59. The van der Waals surface area contributed by atoms with E-state index in [1.165, 1.54) is 4.90 Å².